The van der Waals surface area contributed by atoms with Crippen molar-refractivity contribution in [2.24, 2.45) is 5.41 Å². The fourth-order valence-electron chi connectivity index (χ4n) is 5.11. The zero-order valence-corrected chi connectivity index (χ0v) is 19.7. The third-order valence-corrected chi connectivity index (χ3v) is 7.49. The van der Waals surface area contributed by atoms with Crippen molar-refractivity contribution in [3.8, 4) is 12.1 Å². The Balaban J connectivity index is 1.81. The van der Waals surface area contributed by atoms with Gasteiger partial charge in [0, 0.05) is 26.7 Å². The van der Waals surface area contributed by atoms with Crippen LogP contribution in [-0.4, -0.2) is 17.9 Å². The van der Waals surface area contributed by atoms with Crippen LogP contribution >= 0.6 is 27.5 Å². The van der Waals surface area contributed by atoms with E-state index in [0.29, 0.717) is 10.6 Å². The fraction of sp³-hybridized carbons (Fsp3) is 0.148. The van der Waals surface area contributed by atoms with Crippen molar-refractivity contribution in [3.05, 3.63) is 105 Å². The van der Waals surface area contributed by atoms with E-state index in [4.69, 9.17) is 11.6 Å². The van der Waals surface area contributed by atoms with Gasteiger partial charge in [0.05, 0.1) is 18.2 Å². The summed E-state index contributed by atoms with van der Waals surface area (Å²) in [6.07, 6.45) is 3.74. The van der Waals surface area contributed by atoms with Gasteiger partial charge in [0.1, 0.15) is 6.04 Å². The van der Waals surface area contributed by atoms with Crippen LogP contribution in [0.2, 0.25) is 5.02 Å². The van der Waals surface area contributed by atoms with E-state index in [9.17, 15) is 15.3 Å². The maximum Gasteiger partial charge on any atom is 0.185 e. The van der Waals surface area contributed by atoms with Crippen LogP contribution in [0.4, 0.5) is 5.69 Å². The number of carbonyl (C=O) groups excluding carboxylic acids is 1. The highest BCUT2D eigenvalue weighted by Crippen LogP contribution is 2.56. The van der Waals surface area contributed by atoms with E-state index in [0.717, 1.165) is 21.3 Å². The Morgan fingerprint density at radius 1 is 1.00 bits per heavy atom. The van der Waals surface area contributed by atoms with Crippen LogP contribution in [0.15, 0.2) is 83.3 Å². The zero-order chi connectivity index (χ0) is 23.2. The molecule has 0 aromatic heterocycles. The van der Waals surface area contributed by atoms with Crippen molar-refractivity contribution < 1.29 is 4.79 Å². The number of Topliss-reactive ketones (excluding diaryl/α,β-unsaturated/α-hetero) is 1. The summed E-state index contributed by atoms with van der Waals surface area (Å²) in [7, 11) is 0. The number of rotatable bonds is 3. The smallest absolute Gasteiger partial charge is 0.185 e. The summed E-state index contributed by atoms with van der Waals surface area (Å²) in [6, 6.07) is 25.3. The second-order valence-electron chi connectivity index (χ2n) is 8.18. The Hall–Kier alpha value is -3.38. The number of fused-ring (bicyclic) bond motifs is 3. The summed E-state index contributed by atoms with van der Waals surface area (Å²) in [4.78, 5) is 16.0. The molecule has 0 bridgehead atoms. The van der Waals surface area contributed by atoms with Gasteiger partial charge in [-0.25, -0.2) is 0 Å². The SMILES string of the molecule is N#CC1(C#N)[C@H](c2ccccc2Br)[C@H](C(=O)c2ccccc2)N2c3ccc(Cl)cc3C=C[C@H]21. The lowest BCUT2D eigenvalue weighted by atomic mass is 9.69. The first-order valence-corrected chi connectivity index (χ1v) is 11.6. The fourth-order valence-corrected chi connectivity index (χ4v) is 5.82. The second kappa shape index (κ2) is 8.19. The molecule has 160 valence electrons. The molecule has 5 rings (SSSR count). The van der Waals surface area contributed by atoms with Gasteiger partial charge in [-0.3, -0.25) is 4.79 Å². The van der Waals surface area contributed by atoms with E-state index in [2.05, 4.69) is 28.1 Å². The van der Waals surface area contributed by atoms with Crippen LogP contribution < -0.4 is 4.90 Å². The molecule has 3 aromatic rings. The zero-order valence-electron chi connectivity index (χ0n) is 17.3. The predicted molar refractivity (Wildman–Crippen MR) is 132 cm³/mol. The molecule has 2 heterocycles. The van der Waals surface area contributed by atoms with E-state index < -0.39 is 23.4 Å². The minimum atomic E-state index is -1.48. The lowest BCUT2D eigenvalue weighted by Crippen LogP contribution is -2.44. The number of ketones is 1. The maximum atomic E-state index is 14.1. The van der Waals surface area contributed by atoms with E-state index >= 15 is 0 Å². The molecule has 2 aliphatic heterocycles. The van der Waals surface area contributed by atoms with E-state index in [-0.39, 0.29) is 5.78 Å². The van der Waals surface area contributed by atoms with Gasteiger partial charge in [0.2, 0.25) is 0 Å². The second-order valence-corrected chi connectivity index (χ2v) is 9.47. The number of halogens is 2. The summed E-state index contributed by atoms with van der Waals surface area (Å²) in [6.45, 7) is 0. The Morgan fingerprint density at radius 3 is 2.39 bits per heavy atom. The number of hydrogen-bond acceptors (Lipinski definition) is 4. The highest BCUT2D eigenvalue weighted by atomic mass is 79.9. The summed E-state index contributed by atoms with van der Waals surface area (Å²) in [5.41, 5.74) is 1.45. The number of carbonyl (C=O) groups is 1. The summed E-state index contributed by atoms with van der Waals surface area (Å²) in [5.74, 6) is -0.822. The minimum Gasteiger partial charge on any atom is -0.351 e. The van der Waals surface area contributed by atoms with E-state index in [1.807, 2.05) is 71.6 Å². The van der Waals surface area contributed by atoms with Gasteiger partial charge in [-0.05, 0) is 35.4 Å². The topological polar surface area (TPSA) is 67.9 Å². The van der Waals surface area contributed by atoms with Gasteiger partial charge in [-0.1, -0.05) is 88.2 Å². The van der Waals surface area contributed by atoms with E-state index in [1.54, 1.807) is 18.2 Å². The number of nitrogens with zero attached hydrogens (tertiary/aromatic N) is 3. The first-order valence-electron chi connectivity index (χ1n) is 10.4. The molecule has 0 amide bonds. The van der Waals surface area contributed by atoms with Gasteiger partial charge < -0.3 is 4.90 Å². The molecule has 33 heavy (non-hydrogen) atoms. The Bertz CT molecular complexity index is 1360. The molecule has 6 heteroatoms. The highest BCUT2D eigenvalue weighted by Gasteiger charge is 2.63. The summed E-state index contributed by atoms with van der Waals surface area (Å²) < 4.78 is 0.760. The van der Waals surface area contributed by atoms with Crippen LogP contribution in [0.1, 0.15) is 27.4 Å². The monoisotopic (exact) mass is 513 g/mol. The molecular formula is C27H17BrClN3O. The van der Waals surface area contributed by atoms with Crippen LogP contribution in [0.3, 0.4) is 0 Å². The summed E-state index contributed by atoms with van der Waals surface area (Å²) in [5, 5.41) is 21.5. The average molecular weight is 515 g/mol. The van der Waals surface area contributed by atoms with Crippen LogP contribution in [0.5, 0.6) is 0 Å². The molecule has 0 radical (unpaired) electrons. The van der Waals surface area contributed by atoms with Crippen LogP contribution in [0.25, 0.3) is 6.08 Å². The molecule has 0 unspecified atom stereocenters. The van der Waals surface area contributed by atoms with Gasteiger partial charge in [0.15, 0.2) is 11.2 Å². The predicted octanol–water partition coefficient (Wildman–Crippen LogP) is 6.39. The van der Waals surface area contributed by atoms with Crippen molar-refractivity contribution in [1.29, 1.82) is 10.5 Å². The maximum absolute atomic E-state index is 14.1. The molecule has 3 aromatic carbocycles. The first-order chi connectivity index (χ1) is 16.0. The van der Waals surface area contributed by atoms with Crippen molar-refractivity contribution in [1.82, 2.24) is 0 Å². The van der Waals surface area contributed by atoms with Crippen LogP contribution in [-0.2, 0) is 0 Å². The van der Waals surface area contributed by atoms with Crippen molar-refractivity contribution in [2.45, 2.75) is 18.0 Å². The molecule has 4 nitrogen and oxygen atoms in total. The van der Waals surface area contributed by atoms with E-state index in [1.165, 1.54) is 0 Å². The number of hydrogen-bond donors (Lipinski definition) is 0. The molecule has 0 N–H and O–H groups in total. The molecule has 0 aliphatic carbocycles. The third kappa shape index (κ3) is 3.20. The first kappa shape index (κ1) is 21.5. The lowest BCUT2D eigenvalue weighted by Gasteiger charge is -2.35. The largest absolute Gasteiger partial charge is 0.351 e. The molecule has 0 spiro atoms. The van der Waals surface area contributed by atoms with Gasteiger partial charge in [0.25, 0.3) is 0 Å². The van der Waals surface area contributed by atoms with Crippen molar-refractivity contribution >= 4 is 45.1 Å². The third-order valence-electron chi connectivity index (χ3n) is 6.54. The normalized spacial score (nSPS) is 22.1. The highest BCUT2D eigenvalue weighted by molar-refractivity contribution is 9.10. The number of benzene rings is 3. The van der Waals surface area contributed by atoms with Gasteiger partial charge in [-0.15, -0.1) is 0 Å². The standard InChI is InChI=1S/C27H17BrClN3O/c28-21-9-5-4-8-20(21)24-25(26(33)17-6-2-1-3-7-17)32-22-12-11-19(29)14-18(22)10-13-23(32)27(24,15-30)16-31/h1-14,23-25H/t23-,24+,25+/m0/s1. The Kier molecular flexibility index (Phi) is 5.33. The summed E-state index contributed by atoms with van der Waals surface area (Å²) >= 11 is 9.85. The van der Waals surface area contributed by atoms with Crippen molar-refractivity contribution in [2.75, 3.05) is 4.90 Å². The van der Waals surface area contributed by atoms with Gasteiger partial charge >= 0.3 is 0 Å². The molecule has 3 atom stereocenters. The molecular weight excluding hydrogens is 498 g/mol. The van der Waals surface area contributed by atoms with Crippen LogP contribution in [0, 0.1) is 28.1 Å². The van der Waals surface area contributed by atoms with Crippen molar-refractivity contribution in [3.63, 3.8) is 0 Å². The molecule has 0 saturated carbocycles. The molecule has 1 saturated heterocycles. The number of nitriles is 2. The Morgan fingerprint density at radius 2 is 1.70 bits per heavy atom. The number of anilines is 1. The molecule has 1 fully saturated rings. The molecule has 2 aliphatic rings. The Labute approximate surface area is 205 Å². The quantitative estimate of drug-likeness (QED) is 0.380. The van der Waals surface area contributed by atoms with Gasteiger partial charge in [-0.2, -0.15) is 10.5 Å². The average Bonchev–Trinajstić information content (AvgIpc) is 3.14. The lowest BCUT2D eigenvalue weighted by molar-refractivity contribution is 0.0951. The minimum absolute atomic E-state index is 0.134.